The van der Waals surface area contributed by atoms with Crippen molar-refractivity contribution < 1.29 is 0 Å². The van der Waals surface area contributed by atoms with Gasteiger partial charge in [-0.1, -0.05) is 11.6 Å². The van der Waals surface area contributed by atoms with Crippen LogP contribution in [0.3, 0.4) is 0 Å². The Morgan fingerprint density at radius 2 is 2.20 bits per heavy atom. The topological polar surface area (TPSA) is 16.1 Å². The van der Waals surface area contributed by atoms with E-state index in [1.807, 2.05) is 6.20 Å². The Bertz CT molecular complexity index is 399. The molecule has 0 aliphatic carbocycles. The number of rotatable bonds is 1. The molecule has 0 radical (unpaired) electrons. The summed E-state index contributed by atoms with van der Waals surface area (Å²) in [5, 5.41) is 0. The van der Waals surface area contributed by atoms with E-state index >= 15 is 0 Å². The Hall–Kier alpha value is -0.830. The van der Waals surface area contributed by atoms with Gasteiger partial charge in [0.1, 0.15) is 5.82 Å². The molecule has 15 heavy (non-hydrogen) atoms. The number of anilines is 1. The van der Waals surface area contributed by atoms with Crippen molar-refractivity contribution in [3.05, 3.63) is 33.9 Å². The van der Waals surface area contributed by atoms with Crippen LogP contribution in [0.25, 0.3) is 0 Å². The molecule has 1 aliphatic heterocycles. The minimum Gasteiger partial charge on any atom is -0.351 e. The van der Waals surface area contributed by atoms with Gasteiger partial charge in [0.15, 0.2) is 0 Å². The van der Waals surface area contributed by atoms with Crippen molar-refractivity contribution in [1.82, 2.24) is 4.98 Å². The van der Waals surface area contributed by atoms with Gasteiger partial charge in [-0.15, -0.1) is 0 Å². The lowest BCUT2D eigenvalue weighted by Gasteiger charge is -2.28. The number of hydrogen-bond acceptors (Lipinski definition) is 2. The van der Waals surface area contributed by atoms with Crippen LogP contribution < -0.4 is 4.90 Å². The normalized spacial score (nSPS) is 16.5. The second kappa shape index (κ2) is 4.35. The van der Waals surface area contributed by atoms with Gasteiger partial charge in [0.2, 0.25) is 0 Å². The lowest BCUT2D eigenvalue weighted by atomic mass is 10.1. The molecule has 80 valence electrons. The van der Waals surface area contributed by atoms with E-state index in [-0.39, 0.29) is 0 Å². The van der Waals surface area contributed by atoms with Gasteiger partial charge in [0.25, 0.3) is 0 Å². The van der Waals surface area contributed by atoms with E-state index in [1.54, 1.807) is 0 Å². The predicted molar refractivity (Wildman–Crippen MR) is 67.3 cm³/mol. The van der Waals surface area contributed by atoms with E-state index in [0.717, 1.165) is 29.8 Å². The molecule has 0 fully saturated rings. The standard InChI is InChI=1S/C12H15BrN2/c1-9-4-3-5-15(8-9)12-11(13)6-10(2)7-14-12/h4,6-7H,3,5,8H2,1-2H3. The molecule has 0 spiro atoms. The number of aromatic nitrogens is 1. The van der Waals surface area contributed by atoms with Gasteiger partial charge in [0.05, 0.1) is 4.47 Å². The first-order valence-electron chi connectivity index (χ1n) is 5.19. The minimum absolute atomic E-state index is 0.995. The van der Waals surface area contributed by atoms with Crippen molar-refractivity contribution in [2.24, 2.45) is 0 Å². The molecule has 1 aromatic rings. The van der Waals surface area contributed by atoms with E-state index < -0.39 is 0 Å². The molecule has 0 bridgehead atoms. The molecule has 3 heteroatoms. The smallest absolute Gasteiger partial charge is 0.143 e. The monoisotopic (exact) mass is 266 g/mol. The summed E-state index contributed by atoms with van der Waals surface area (Å²) >= 11 is 3.58. The zero-order chi connectivity index (χ0) is 10.8. The fourth-order valence-electron chi connectivity index (χ4n) is 1.85. The maximum Gasteiger partial charge on any atom is 0.143 e. The van der Waals surface area contributed by atoms with Gasteiger partial charge in [-0.05, 0) is 47.8 Å². The van der Waals surface area contributed by atoms with E-state index in [0.29, 0.717) is 0 Å². The third kappa shape index (κ3) is 2.40. The second-order valence-electron chi connectivity index (χ2n) is 4.08. The Morgan fingerprint density at radius 1 is 1.40 bits per heavy atom. The molecule has 2 nitrogen and oxygen atoms in total. The van der Waals surface area contributed by atoms with Gasteiger partial charge in [-0.3, -0.25) is 0 Å². The summed E-state index contributed by atoms with van der Waals surface area (Å²) in [6.45, 7) is 6.29. The van der Waals surface area contributed by atoms with E-state index in [2.05, 4.69) is 51.8 Å². The number of halogens is 1. The lowest BCUT2D eigenvalue weighted by molar-refractivity contribution is 0.775. The first-order valence-corrected chi connectivity index (χ1v) is 5.99. The van der Waals surface area contributed by atoms with Crippen LogP contribution in [0.15, 0.2) is 28.4 Å². The molecule has 0 aromatic carbocycles. The summed E-state index contributed by atoms with van der Waals surface area (Å²) in [6.07, 6.45) is 5.35. The van der Waals surface area contributed by atoms with Crippen molar-refractivity contribution >= 4 is 21.7 Å². The molecule has 0 unspecified atom stereocenters. The van der Waals surface area contributed by atoms with Crippen LogP contribution in [0, 0.1) is 6.92 Å². The number of hydrogen-bond donors (Lipinski definition) is 0. The van der Waals surface area contributed by atoms with Crippen molar-refractivity contribution in [3.8, 4) is 0 Å². The van der Waals surface area contributed by atoms with Crippen molar-refractivity contribution in [1.29, 1.82) is 0 Å². The average molecular weight is 267 g/mol. The highest BCUT2D eigenvalue weighted by atomic mass is 79.9. The van der Waals surface area contributed by atoms with Gasteiger partial charge in [-0.25, -0.2) is 4.98 Å². The van der Waals surface area contributed by atoms with Crippen molar-refractivity contribution in [2.75, 3.05) is 18.0 Å². The third-order valence-electron chi connectivity index (χ3n) is 2.59. The minimum atomic E-state index is 0.995. The van der Waals surface area contributed by atoms with Gasteiger partial charge in [-0.2, -0.15) is 0 Å². The summed E-state index contributed by atoms with van der Waals surface area (Å²) in [4.78, 5) is 6.81. The third-order valence-corrected chi connectivity index (χ3v) is 3.17. The van der Waals surface area contributed by atoms with Crippen molar-refractivity contribution in [3.63, 3.8) is 0 Å². The average Bonchev–Trinajstić information content (AvgIpc) is 2.17. The Kier molecular flexibility index (Phi) is 3.10. The van der Waals surface area contributed by atoms with E-state index in [9.17, 15) is 0 Å². The summed E-state index contributed by atoms with van der Waals surface area (Å²) < 4.78 is 1.09. The Morgan fingerprint density at radius 3 is 2.87 bits per heavy atom. The second-order valence-corrected chi connectivity index (χ2v) is 4.93. The quantitative estimate of drug-likeness (QED) is 0.726. The molecule has 2 rings (SSSR count). The van der Waals surface area contributed by atoms with Gasteiger partial charge < -0.3 is 4.90 Å². The molecule has 0 amide bonds. The van der Waals surface area contributed by atoms with Crippen LogP contribution in [0.4, 0.5) is 5.82 Å². The maximum absolute atomic E-state index is 4.49. The van der Waals surface area contributed by atoms with Crippen LogP contribution in [-0.4, -0.2) is 18.1 Å². The van der Waals surface area contributed by atoms with Gasteiger partial charge in [0, 0.05) is 19.3 Å². The highest BCUT2D eigenvalue weighted by Crippen LogP contribution is 2.26. The molecule has 0 saturated carbocycles. The molecular weight excluding hydrogens is 252 g/mol. The van der Waals surface area contributed by atoms with E-state index in [4.69, 9.17) is 0 Å². The number of pyridine rings is 1. The van der Waals surface area contributed by atoms with Gasteiger partial charge >= 0.3 is 0 Å². The molecule has 0 N–H and O–H groups in total. The fourth-order valence-corrected chi connectivity index (χ4v) is 2.57. The summed E-state index contributed by atoms with van der Waals surface area (Å²) in [5.74, 6) is 1.06. The predicted octanol–water partition coefficient (Wildman–Crippen LogP) is 3.31. The van der Waals surface area contributed by atoms with Crippen LogP contribution in [0.2, 0.25) is 0 Å². The first kappa shape index (κ1) is 10.7. The summed E-state index contributed by atoms with van der Waals surface area (Å²) in [5.41, 5.74) is 2.62. The van der Waals surface area contributed by atoms with Crippen LogP contribution in [-0.2, 0) is 0 Å². The molecule has 1 aromatic heterocycles. The SMILES string of the molecule is CC1=CCCN(c2ncc(C)cc2Br)C1. The van der Waals surface area contributed by atoms with Crippen LogP contribution in [0.1, 0.15) is 18.9 Å². The molecule has 2 heterocycles. The van der Waals surface area contributed by atoms with Crippen molar-refractivity contribution in [2.45, 2.75) is 20.3 Å². The molecule has 0 atom stereocenters. The first-order chi connectivity index (χ1) is 7.16. The maximum atomic E-state index is 4.49. The molecular formula is C12H15BrN2. The molecule has 0 saturated heterocycles. The number of nitrogens with zero attached hydrogens (tertiary/aromatic N) is 2. The zero-order valence-corrected chi connectivity index (χ0v) is 10.7. The summed E-state index contributed by atoms with van der Waals surface area (Å²) in [7, 11) is 0. The zero-order valence-electron chi connectivity index (χ0n) is 9.13. The lowest BCUT2D eigenvalue weighted by Crippen LogP contribution is -2.30. The van der Waals surface area contributed by atoms with E-state index in [1.165, 1.54) is 11.1 Å². The summed E-state index contributed by atoms with van der Waals surface area (Å²) in [6, 6.07) is 2.12. The fraction of sp³-hybridized carbons (Fsp3) is 0.417. The Balaban J connectivity index is 2.26. The van der Waals surface area contributed by atoms with Crippen LogP contribution in [0.5, 0.6) is 0 Å². The van der Waals surface area contributed by atoms with Crippen LogP contribution >= 0.6 is 15.9 Å². The highest BCUT2D eigenvalue weighted by Gasteiger charge is 2.14. The Labute approximate surface area is 99.1 Å². The highest BCUT2D eigenvalue weighted by molar-refractivity contribution is 9.10. The largest absolute Gasteiger partial charge is 0.351 e. The number of aryl methyl sites for hydroxylation is 1. The molecule has 1 aliphatic rings.